The third-order valence-corrected chi connectivity index (χ3v) is 4.02. The summed E-state index contributed by atoms with van der Waals surface area (Å²) in [6.07, 6.45) is 1.65. The molecule has 7 heteroatoms. The van der Waals surface area contributed by atoms with Gasteiger partial charge in [0.1, 0.15) is 11.5 Å². The maximum absolute atomic E-state index is 12.5. The molecular formula is C20H23BrN2O4. The van der Waals surface area contributed by atoms with Crippen LogP contribution in [0.25, 0.3) is 0 Å². The van der Waals surface area contributed by atoms with Crippen LogP contribution in [0.3, 0.4) is 0 Å². The second-order valence-electron chi connectivity index (χ2n) is 5.74. The summed E-state index contributed by atoms with van der Waals surface area (Å²) >= 11 is 3.34. The van der Waals surface area contributed by atoms with Crippen LogP contribution in [0.5, 0.6) is 11.5 Å². The zero-order valence-corrected chi connectivity index (χ0v) is 17.0. The molecule has 0 spiro atoms. The average Bonchev–Trinajstić information content (AvgIpc) is 2.69. The average molecular weight is 435 g/mol. The highest BCUT2D eigenvalue weighted by atomic mass is 79.9. The summed E-state index contributed by atoms with van der Waals surface area (Å²) in [6.45, 7) is 4.97. The van der Waals surface area contributed by atoms with E-state index >= 15 is 0 Å². The third kappa shape index (κ3) is 5.99. The molecule has 0 aromatic heterocycles. The number of amides is 2. The summed E-state index contributed by atoms with van der Waals surface area (Å²) in [4.78, 5) is 25.0. The largest absolute Gasteiger partial charge is 0.493 e. The Morgan fingerprint density at radius 1 is 0.852 bits per heavy atom. The number of hydrazine groups is 1. The fraction of sp³-hybridized carbons (Fsp3) is 0.300. The first-order valence-corrected chi connectivity index (χ1v) is 9.61. The number of hydrogen-bond donors (Lipinski definition) is 2. The molecule has 0 aliphatic heterocycles. The first-order chi connectivity index (χ1) is 13.1. The quantitative estimate of drug-likeness (QED) is 0.613. The summed E-state index contributed by atoms with van der Waals surface area (Å²) in [6, 6.07) is 12.0. The van der Waals surface area contributed by atoms with Crippen molar-refractivity contribution in [2.45, 2.75) is 26.7 Å². The Labute approximate surface area is 167 Å². The van der Waals surface area contributed by atoms with E-state index in [9.17, 15) is 9.59 Å². The minimum Gasteiger partial charge on any atom is -0.493 e. The number of carbonyl (C=O) groups is 2. The van der Waals surface area contributed by atoms with Gasteiger partial charge < -0.3 is 9.47 Å². The zero-order chi connectivity index (χ0) is 19.6. The van der Waals surface area contributed by atoms with Crippen molar-refractivity contribution >= 4 is 27.7 Å². The van der Waals surface area contributed by atoms with E-state index in [-0.39, 0.29) is 0 Å². The number of ether oxygens (including phenoxy) is 2. The normalized spacial score (nSPS) is 10.2. The number of benzene rings is 2. The summed E-state index contributed by atoms with van der Waals surface area (Å²) in [5.74, 6) is 0.00258. The van der Waals surface area contributed by atoms with E-state index in [0.29, 0.717) is 35.8 Å². The number of carbonyl (C=O) groups excluding carboxylic acids is 2. The lowest BCUT2D eigenvalue weighted by Gasteiger charge is -2.14. The topological polar surface area (TPSA) is 76.7 Å². The molecule has 0 bridgehead atoms. The molecule has 0 fully saturated rings. The van der Waals surface area contributed by atoms with Crippen LogP contribution < -0.4 is 20.3 Å². The highest BCUT2D eigenvalue weighted by Crippen LogP contribution is 2.23. The van der Waals surface area contributed by atoms with Crippen molar-refractivity contribution in [3.63, 3.8) is 0 Å². The zero-order valence-electron chi connectivity index (χ0n) is 15.4. The highest BCUT2D eigenvalue weighted by molar-refractivity contribution is 9.10. The molecule has 2 N–H and O–H groups in total. The predicted octanol–water partition coefficient (Wildman–Crippen LogP) is 4.10. The molecule has 0 unspecified atom stereocenters. The molecule has 27 heavy (non-hydrogen) atoms. The lowest BCUT2D eigenvalue weighted by molar-refractivity contribution is 0.0842. The smallest absolute Gasteiger partial charge is 0.273 e. The Hall–Kier alpha value is -2.54. The van der Waals surface area contributed by atoms with E-state index in [4.69, 9.17) is 9.47 Å². The number of halogens is 1. The van der Waals surface area contributed by atoms with Crippen LogP contribution in [-0.4, -0.2) is 25.0 Å². The van der Waals surface area contributed by atoms with Crippen molar-refractivity contribution in [3.05, 3.63) is 58.1 Å². The van der Waals surface area contributed by atoms with Crippen molar-refractivity contribution < 1.29 is 19.1 Å². The summed E-state index contributed by atoms with van der Waals surface area (Å²) in [5.41, 5.74) is 5.53. The molecule has 0 radical (unpaired) electrons. The van der Waals surface area contributed by atoms with Gasteiger partial charge in [-0.25, -0.2) is 0 Å². The van der Waals surface area contributed by atoms with Gasteiger partial charge >= 0.3 is 0 Å². The molecule has 0 saturated heterocycles. The van der Waals surface area contributed by atoms with Gasteiger partial charge in [0.25, 0.3) is 11.8 Å². The third-order valence-electron chi connectivity index (χ3n) is 3.53. The van der Waals surface area contributed by atoms with Gasteiger partial charge in [0.05, 0.1) is 24.3 Å². The maximum Gasteiger partial charge on any atom is 0.273 e. The molecule has 0 aliphatic rings. The Bertz CT molecular complexity index is 795. The van der Waals surface area contributed by atoms with E-state index in [1.54, 1.807) is 42.5 Å². The second kappa shape index (κ2) is 10.6. The highest BCUT2D eigenvalue weighted by Gasteiger charge is 2.16. The van der Waals surface area contributed by atoms with E-state index in [1.807, 2.05) is 13.8 Å². The van der Waals surface area contributed by atoms with Gasteiger partial charge in [-0.3, -0.25) is 20.4 Å². The molecule has 6 nitrogen and oxygen atoms in total. The summed E-state index contributed by atoms with van der Waals surface area (Å²) in [5, 5.41) is 0. The fourth-order valence-corrected chi connectivity index (χ4v) is 2.62. The van der Waals surface area contributed by atoms with E-state index in [2.05, 4.69) is 26.8 Å². The molecule has 2 amide bonds. The predicted molar refractivity (Wildman–Crippen MR) is 107 cm³/mol. The van der Waals surface area contributed by atoms with E-state index < -0.39 is 11.8 Å². The second-order valence-corrected chi connectivity index (χ2v) is 6.66. The first kappa shape index (κ1) is 20.8. The lowest BCUT2D eigenvalue weighted by atomic mass is 10.2. The van der Waals surface area contributed by atoms with Gasteiger partial charge in [0.2, 0.25) is 0 Å². The molecule has 2 rings (SSSR count). The van der Waals surface area contributed by atoms with Gasteiger partial charge in [-0.05, 0) is 43.2 Å². The van der Waals surface area contributed by atoms with Gasteiger partial charge in [0, 0.05) is 4.47 Å². The van der Waals surface area contributed by atoms with E-state index in [0.717, 1.165) is 17.3 Å². The van der Waals surface area contributed by atoms with Crippen molar-refractivity contribution in [1.82, 2.24) is 10.9 Å². The number of rotatable bonds is 8. The van der Waals surface area contributed by atoms with Crippen LogP contribution in [0.2, 0.25) is 0 Å². The molecule has 0 saturated carbocycles. The Morgan fingerprint density at radius 3 is 2.04 bits per heavy atom. The van der Waals surface area contributed by atoms with Crippen LogP contribution in [0.1, 0.15) is 47.4 Å². The Morgan fingerprint density at radius 2 is 1.41 bits per heavy atom. The molecule has 2 aromatic rings. The molecule has 0 atom stereocenters. The van der Waals surface area contributed by atoms with Crippen molar-refractivity contribution in [2.75, 3.05) is 13.2 Å². The lowest BCUT2D eigenvalue weighted by Crippen LogP contribution is -2.41. The number of hydrogen-bond acceptors (Lipinski definition) is 4. The monoisotopic (exact) mass is 434 g/mol. The molecule has 144 valence electrons. The van der Waals surface area contributed by atoms with Gasteiger partial charge in [-0.2, -0.15) is 0 Å². The van der Waals surface area contributed by atoms with Gasteiger partial charge in [-0.15, -0.1) is 0 Å². The molecular weight excluding hydrogens is 412 g/mol. The molecule has 2 aromatic carbocycles. The van der Waals surface area contributed by atoms with Crippen LogP contribution >= 0.6 is 15.9 Å². The SMILES string of the molecule is CCCOc1ccccc1C(=O)NNC(=O)c1cc(Br)ccc1OCCC. The molecule has 0 heterocycles. The number of para-hydroxylation sites is 1. The minimum absolute atomic E-state index is 0.327. The van der Waals surface area contributed by atoms with Gasteiger partial charge in [0.15, 0.2) is 0 Å². The van der Waals surface area contributed by atoms with Crippen molar-refractivity contribution in [2.24, 2.45) is 0 Å². The Kier molecular flexibility index (Phi) is 8.13. The Balaban J connectivity index is 2.08. The standard InChI is InChI=1S/C20H23BrN2O4/c1-3-11-26-17-8-6-5-7-15(17)19(24)22-23-20(25)16-13-14(21)9-10-18(16)27-12-4-2/h5-10,13H,3-4,11-12H2,1-2H3,(H,22,24)(H,23,25). The van der Waals surface area contributed by atoms with Crippen LogP contribution in [0, 0.1) is 0 Å². The first-order valence-electron chi connectivity index (χ1n) is 8.81. The van der Waals surface area contributed by atoms with Gasteiger partial charge in [-0.1, -0.05) is 41.9 Å². The summed E-state index contributed by atoms with van der Waals surface area (Å²) < 4.78 is 11.9. The summed E-state index contributed by atoms with van der Waals surface area (Å²) in [7, 11) is 0. The van der Waals surface area contributed by atoms with E-state index in [1.165, 1.54) is 0 Å². The maximum atomic E-state index is 12.5. The number of nitrogens with one attached hydrogen (secondary N) is 2. The van der Waals surface area contributed by atoms with Crippen LogP contribution in [0.4, 0.5) is 0 Å². The fourth-order valence-electron chi connectivity index (χ4n) is 2.26. The van der Waals surface area contributed by atoms with Crippen molar-refractivity contribution in [1.29, 1.82) is 0 Å². The van der Waals surface area contributed by atoms with Crippen molar-refractivity contribution in [3.8, 4) is 11.5 Å². The molecule has 0 aliphatic carbocycles. The van der Waals surface area contributed by atoms with Crippen LogP contribution in [-0.2, 0) is 0 Å². The van der Waals surface area contributed by atoms with Crippen LogP contribution in [0.15, 0.2) is 46.9 Å². The minimum atomic E-state index is -0.470.